The monoisotopic (exact) mass is 349 g/mol. The molecule has 0 saturated carbocycles. The Morgan fingerprint density at radius 1 is 1.38 bits per heavy atom. The smallest absolute Gasteiger partial charge is 0.255 e. The molecular formula is C15H19N5O3S. The Bertz CT molecular complexity index is 802. The molecule has 2 aromatic heterocycles. The lowest BCUT2D eigenvalue weighted by Gasteiger charge is -2.32. The molecule has 0 radical (unpaired) electrons. The number of nitrogens with zero attached hydrogens (tertiary/aromatic N) is 4. The molecule has 1 unspecified atom stereocenters. The molecule has 3 rings (SSSR count). The fourth-order valence-electron chi connectivity index (χ4n) is 2.80. The molecule has 1 fully saturated rings. The summed E-state index contributed by atoms with van der Waals surface area (Å²) >= 11 is 0. The standard InChI is InChI=1S/C15H19N5O3S/c1-24(22,23)18-13-3-2-7-19(10-13)15(21)12-4-5-14(17-9-12)20-8-6-16-11-20/h4-6,8-9,11,13,18H,2-3,7,10H2,1H3. The highest BCUT2D eigenvalue weighted by Crippen LogP contribution is 2.15. The van der Waals surface area contributed by atoms with Gasteiger partial charge in [-0.2, -0.15) is 0 Å². The van der Waals surface area contributed by atoms with Crippen LogP contribution in [0.25, 0.3) is 5.82 Å². The van der Waals surface area contributed by atoms with Gasteiger partial charge in [0.25, 0.3) is 5.91 Å². The van der Waals surface area contributed by atoms with Crippen LogP contribution in [0.4, 0.5) is 0 Å². The maximum Gasteiger partial charge on any atom is 0.255 e. The summed E-state index contributed by atoms with van der Waals surface area (Å²) in [6, 6.07) is 3.24. The van der Waals surface area contributed by atoms with Crippen molar-refractivity contribution in [1.82, 2.24) is 24.2 Å². The number of aromatic nitrogens is 3. The molecule has 1 atom stereocenters. The van der Waals surface area contributed by atoms with Gasteiger partial charge in [0.05, 0.1) is 11.8 Å². The molecule has 128 valence electrons. The van der Waals surface area contributed by atoms with E-state index in [0.717, 1.165) is 19.1 Å². The zero-order chi connectivity index (χ0) is 17.2. The van der Waals surface area contributed by atoms with E-state index in [4.69, 9.17) is 0 Å². The second kappa shape index (κ2) is 6.70. The van der Waals surface area contributed by atoms with Gasteiger partial charge in [0.15, 0.2) is 0 Å². The summed E-state index contributed by atoms with van der Waals surface area (Å²) in [7, 11) is -3.28. The fraction of sp³-hybridized carbons (Fsp3) is 0.400. The first-order valence-corrected chi connectivity index (χ1v) is 9.52. The number of pyridine rings is 1. The molecule has 0 aromatic carbocycles. The number of carbonyl (C=O) groups excluding carboxylic acids is 1. The third-order valence-electron chi connectivity index (χ3n) is 3.85. The second-order valence-electron chi connectivity index (χ2n) is 5.86. The molecular weight excluding hydrogens is 330 g/mol. The molecule has 9 heteroatoms. The number of amides is 1. The van der Waals surface area contributed by atoms with Crippen molar-refractivity contribution in [3.05, 3.63) is 42.6 Å². The maximum atomic E-state index is 12.6. The van der Waals surface area contributed by atoms with Crippen LogP contribution in [0.5, 0.6) is 0 Å². The van der Waals surface area contributed by atoms with Gasteiger partial charge in [-0.15, -0.1) is 0 Å². The van der Waals surface area contributed by atoms with Gasteiger partial charge in [-0.3, -0.25) is 9.36 Å². The van der Waals surface area contributed by atoms with E-state index in [1.165, 1.54) is 6.20 Å². The van der Waals surface area contributed by atoms with E-state index in [9.17, 15) is 13.2 Å². The average Bonchev–Trinajstić information content (AvgIpc) is 3.07. The minimum atomic E-state index is -3.28. The van der Waals surface area contributed by atoms with Crippen LogP contribution in [0, 0.1) is 0 Å². The third kappa shape index (κ3) is 3.98. The summed E-state index contributed by atoms with van der Waals surface area (Å²) in [5, 5.41) is 0. The van der Waals surface area contributed by atoms with Crippen molar-refractivity contribution in [3.63, 3.8) is 0 Å². The first-order valence-electron chi connectivity index (χ1n) is 7.63. The number of likely N-dealkylation sites (tertiary alicyclic amines) is 1. The van der Waals surface area contributed by atoms with Crippen molar-refractivity contribution in [1.29, 1.82) is 0 Å². The predicted octanol–water partition coefficient (Wildman–Crippen LogP) is 0.421. The second-order valence-corrected chi connectivity index (χ2v) is 7.64. The van der Waals surface area contributed by atoms with Crippen LogP contribution >= 0.6 is 0 Å². The predicted molar refractivity (Wildman–Crippen MR) is 88.3 cm³/mol. The quantitative estimate of drug-likeness (QED) is 0.863. The summed E-state index contributed by atoms with van der Waals surface area (Å²) < 4.78 is 27.1. The topological polar surface area (TPSA) is 97.2 Å². The number of nitrogens with one attached hydrogen (secondary N) is 1. The highest BCUT2D eigenvalue weighted by molar-refractivity contribution is 7.88. The SMILES string of the molecule is CS(=O)(=O)NC1CCCN(C(=O)c2ccc(-n3ccnc3)nc2)C1. The van der Waals surface area contributed by atoms with Gasteiger partial charge >= 0.3 is 0 Å². The van der Waals surface area contributed by atoms with E-state index < -0.39 is 10.0 Å². The Morgan fingerprint density at radius 3 is 2.83 bits per heavy atom. The molecule has 0 spiro atoms. The van der Waals surface area contributed by atoms with Gasteiger partial charge in [0.1, 0.15) is 12.1 Å². The Morgan fingerprint density at radius 2 is 2.21 bits per heavy atom. The zero-order valence-electron chi connectivity index (χ0n) is 13.3. The largest absolute Gasteiger partial charge is 0.337 e. The lowest BCUT2D eigenvalue weighted by atomic mass is 10.1. The number of imidazole rings is 1. The molecule has 1 N–H and O–H groups in total. The minimum absolute atomic E-state index is 0.139. The number of hydrogen-bond acceptors (Lipinski definition) is 5. The van der Waals surface area contributed by atoms with E-state index in [-0.39, 0.29) is 11.9 Å². The van der Waals surface area contributed by atoms with Crippen LogP contribution < -0.4 is 4.72 Å². The minimum Gasteiger partial charge on any atom is -0.337 e. The fourth-order valence-corrected chi connectivity index (χ4v) is 3.60. The van der Waals surface area contributed by atoms with Crippen LogP contribution in [0.1, 0.15) is 23.2 Å². The maximum absolute atomic E-state index is 12.6. The van der Waals surface area contributed by atoms with Crippen molar-refractivity contribution in [2.24, 2.45) is 0 Å². The summed E-state index contributed by atoms with van der Waals surface area (Å²) in [4.78, 5) is 22.5. The Balaban J connectivity index is 1.69. The van der Waals surface area contributed by atoms with Crippen LogP contribution in [-0.4, -0.2) is 59.1 Å². The molecule has 2 aromatic rings. The van der Waals surface area contributed by atoms with Crippen LogP contribution in [-0.2, 0) is 10.0 Å². The third-order valence-corrected chi connectivity index (χ3v) is 4.61. The van der Waals surface area contributed by atoms with Gasteiger partial charge in [0, 0.05) is 37.7 Å². The van der Waals surface area contributed by atoms with Gasteiger partial charge in [-0.25, -0.2) is 23.1 Å². The Labute approximate surface area is 140 Å². The number of sulfonamides is 1. The van der Waals surface area contributed by atoms with Crippen molar-refractivity contribution in [2.75, 3.05) is 19.3 Å². The average molecular weight is 349 g/mol. The summed E-state index contributed by atoms with van der Waals surface area (Å²) in [5.41, 5.74) is 0.485. The van der Waals surface area contributed by atoms with Crippen LogP contribution in [0.3, 0.4) is 0 Å². The molecule has 1 aliphatic heterocycles. The lowest BCUT2D eigenvalue weighted by Crippen LogP contribution is -2.49. The summed E-state index contributed by atoms with van der Waals surface area (Å²) in [5.74, 6) is 0.541. The first kappa shape index (κ1) is 16.6. The van der Waals surface area contributed by atoms with Crippen molar-refractivity contribution in [2.45, 2.75) is 18.9 Å². The zero-order valence-corrected chi connectivity index (χ0v) is 14.1. The number of rotatable bonds is 4. The van der Waals surface area contributed by atoms with Crippen molar-refractivity contribution >= 4 is 15.9 Å². The van der Waals surface area contributed by atoms with E-state index in [2.05, 4.69) is 14.7 Å². The van der Waals surface area contributed by atoms with E-state index >= 15 is 0 Å². The Hall–Kier alpha value is -2.26. The molecule has 0 aliphatic carbocycles. The van der Waals surface area contributed by atoms with E-state index in [0.29, 0.717) is 24.5 Å². The molecule has 3 heterocycles. The molecule has 1 aliphatic rings. The van der Waals surface area contributed by atoms with Gasteiger partial charge in [0.2, 0.25) is 10.0 Å². The number of hydrogen-bond donors (Lipinski definition) is 1. The van der Waals surface area contributed by atoms with Crippen molar-refractivity contribution in [3.8, 4) is 5.82 Å². The van der Waals surface area contributed by atoms with Gasteiger partial charge in [-0.1, -0.05) is 0 Å². The lowest BCUT2D eigenvalue weighted by molar-refractivity contribution is 0.0702. The van der Waals surface area contributed by atoms with Crippen LogP contribution in [0.2, 0.25) is 0 Å². The first-order chi connectivity index (χ1) is 11.4. The normalized spacial score (nSPS) is 18.5. The highest BCUT2D eigenvalue weighted by atomic mass is 32.2. The Kier molecular flexibility index (Phi) is 4.63. The molecule has 0 bridgehead atoms. The van der Waals surface area contributed by atoms with Crippen molar-refractivity contribution < 1.29 is 13.2 Å². The highest BCUT2D eigenvalue weighted by Gasteiger charge is 2.26. The van der Waals surface area contributed by atoms with Crippen LogP contribution in [0.15, 0.2) is 37.1 Å². The van der Waals surface area contributed by atoms with Gasteiger partial charge < -0.3 is 4.90 Å². The molecule has 1 amide bonds. The summed E-state index contributed by atoms with van der Waals surface area (Å²) in [6.07, 6.45) is 9.22. The summed E-state index contributed by atoms with van der Waals surface area (Å²) in [6.45, 7) is 0.985. The van der Waals surface area contributed by atoms with Gasteiger partial charge in [-0.05, 0) is 25.0 Å². The molecule has 8 nitrogen and oxygen atoms in total. The number of piperidine rings is 1. The molecule has 24 heavy (non-hydrogen) atoms. The van der Waals surface area contributed by atoms with E-state index in [1.54, 1.807) is 40.3 Å². The van der Waals surface area contributed by atoms with E-state index in [1.807, 2.05) is 0 Å². The molecule has 1 saturated heterocycles. The number of carbonyl (C=O) groups is 1.